The fourth-order valence-corrected chi connectivity index (χ4v) is 2.15. The summed E-state index contributed by atoms with van der Waals surface area (Å²) in [7, 11) is 0.592. The van der Waals surface area contributed by atoms with Crippen LogP contribution in [-0.4, -0.2) is 25.8 Å². The Kier molecular flexibility index (Phi) is 4.90. The summed E-state index contributed by atoms with van der Waals surface area (Å²) in [5.74, 6) is 0.288. The molecule has 0 aromatic heterocycles. The molecular formula is C15H22BNO4. The van der Waals surface area contributed by atoms with Crippen molar-refractivity contribution in [2.75, 3.05) is 6.61 Å². The maximum Gasteiger partial charge on any atom is 0.407 e. The molecule has 21 heavy (non-hydrogen) atoms. The summed E-state index contributed by atoms with van der Waals surface area (Å²) in [6.45, 7) is 8.62. The highest BCUT2D eigenvalue weighted by Crippen LogP contribution is 2.22. The van der Waals surface area contributed by atoms with Crippen LogP contribution in [0.5, 0.6) is 0 Å². The normalized spacial score (nSPS) is 18.2. The topological polar surface area (TPSA) is 56.8 Å². The Balaban J connectivity index is 1.93. The van der Waals surface area contributed by atoms with Gasteiger partial charge < -0.3 is 14.9 Å². The van der Waals surface area contributed by atoms with Crippen LogP contribution in [0.25, 0.3) is 0 Å². The molecule has 1 atom stereocenters. The van der Waals surface area contributed by atoms with Crippen molar-refractivity contribution in [3.8, 4) is 0 Å². The fraction of sp³-hybridized carbons (Fsp3) is 0.533. The van der Waals surface area contributed by atoms with Crippen LogP contribution in [0, 0.1) is 6.92 Å². The lowest BCUT2D eigenvalue weighted by Gasteiger charge is -2.20. The van der Waals surface area contributed by atoms with Gasteiger partial charge in [-0.2, -0.15) is 0 Å². The molecular weight excluding hydrogens is 269 g/mol. The van der Waals surface area contributed by atoms with Crippen LogP contribution in [0.3, 0.4) is 0 Å². The van der Waals surface area contributed by atoms with Gasteiger partial charge in [-0.25, -0.2) is 4.79 Å². The Hall–Kier alpha value is -1.53. The molecule has 2 rings (SSSR count). The highest BCUT2D eigenvalue weighted by Gasteiger charge is 2.22. The van der Waals surface area contributed by atoms with Gasteiger partial charge in [-0.05, 0) is 44.4 Å². The molecule has 1 saturated heterocycles. The molecule has 0 saturated carbocycles. The van der Waals surface area contributed by atoms with E-state index in [1.807, 2.05) is 33.8 Å². The van der Waals surface area contributed by atoms with Gasteiger partial charge in [0.2, 0.25) is 0 Å². The number of carbonyl (C=O) groups is 1. The first-order chi connectivity index (χ1) is 9.85. The molecule has 6 heteroatoms. The summed E-state index contributed by atoms with van der Waals surface area (Å²) in [6.07, 6.45) is -0.399. The van der Waals surface area contributed by atoms with Crippen LogP contribution in [0.2, 0.25) is 0 Å². The number of carbonyl (C=O) groups excluding carboxylic acids is 1. The number of hydrogen-bond donors (Lipinski definition) is 1. The SMILES string of the molecule is Cc1cc(C2BOOC2)ccc1CNC(=O)OC(C)(C)C. The van der Waals surface area contributed by atoms with E-state index in [9.17, 15) is 4.79 Å². The molecule has 1 aromatic carbocycles. The van der Waals surface area contributed by atoms with Crippen LogP contribution >= 0.6 is 0 Å². The van der Waals surface area contributed by atoms with E-state index in [1.165, 1.54) is 5.56 Å². The van der Waals surface area contributed by atoms with Gasteiger partial charge >= 0.3 is 13.6 Å². The number of ether oxygens (including phenoxy) is 1. The van der Waals surface area contributed by atoms with E-state index in [0.29, 0.717) is 20.6 Å². The van der Waals surface area contributed by atoms with Gasteiger partial charge in [-0.3, -0.25) is 4.89 Å². The molecule has 1 unspecified atom stereocenters. The molecule has 1 amide bonds. The third-order valence-electron chi connectivity index (χ3n) is 3.28. The molecule has 0 aliphatic carbocycles. The number of benzene rings is 1. The minimum atomic E-state index is -0.481. The lowest BCUT2D eigenvalue weighted by atomic mass is 9.76. The Bertz CT molecular complexity index is 507. The van der Waals surface area contributed by atoms with Gasteiger partial charge in [0.05, 0.1) is 6.61 Å². The van der Waals surface area contributed by atoms with Gasteiger partial charge in [-0.15, -0.1) is 0 Å². The smallest absolute Gasteiger partial charge is 0.407 e. The van der Waals surface area contributed by atoms with Crippen LogP contribution < -0.4 is 5.32 Å². The highest BCUT2D eigenvalue weighted by molar-refractivity contribution is 6.30. The number of alkyl carbamates (subject to hydrolysis) is 1. The maximum absolute atomic E-state index is 11.7. The Labute approximate surface area is 126 Å². The Morgan fingerprint density at radius 2 is 2.24 bits per heavy atom. The number of aryl methyl sites for hydroxylation is 1. The molecule has 0 radical (unpaired) electrons. The molecule has 114 valence electrons. The van der Waals surface area contributed by atoms with Crippen LogP contribution in [-0.2, 0) is 21.0 Å². The second-order valence-electron chi connectivity index (χ2n) is 6.31. The van der Waals surface area contributed by atoms with E-state index < -0.39 is 11.7 Å². The second-order valence-corrected chi connectivity index (χ2v) is 6.31. The fourth-order valence-electron chi connectivity index (χ4n) is 2.15. The predicted octanol–water partition coefficient (Wildman–Crippen LogP) is 2.37. The molecule has 1 heterocycles. The number of amides is 1. The zero-order valence-corrected chi connectivity index (χ0v) is 13.1. The van der Waals surface area contributed by atoms with E-state index in [0.717, 1.165) is 11.1 Å². The molecule has 0 spiro atoms. The van der Waals surface area contributed by atoms with E-state index in [4.69, 9.17) is 14.4 Å². The maximum atomic E-state index is 11.7. The number of rotatable bonds is 3. The predicted molar refractivity (Wildman–Crippen MR) is 81.2 cm³/mol. The highest BCUT2D eigenvalue weighted by atomic mass is 17.2. The van der Waals surface area contributed by atoms with Gasteiger partial charge in [0.15, 0.2) is 0 Å². The Morgan fingerprint density at radius 3 is 2.81 bits per heavy atom. The molecule has 0 bridgehead atoms. The summed E-state index contributed by atoms with van der Waals surface area (Å²) in [6, 6.07) is 6.21. The van der Waals surface area contributed by atoms with Crippen LogP contribution in [0.15, 0.2) is 18.2 Å². The minimum Gasteiger partial charge on any atom is -0.444 e. The van der Waals surface area contributed by atoms with Crippen LogP contribution in [0.1, 0.15) is 43.3 Å². The van der Waals surface area contributed by atoms with Crippen LogP contribution in [0.4, 0.5) is 4.79 Å². The standard InChI is InChI=1S/C15H22BNO4/c1-10-7-11(13-9-19-21-16-13)5-6-12(10)8-17-14(18)20-15(2,3)4/h5-7,13,16H,8-9H2,1-4H3,(H,17,18). The molecule has 1 fully saturated rings. The zero-order valence-electron chi connectivity index (χ0n) is 13.1. The lowest BCUT2D eigenvalue weighted by molar-refractivity contribution is -0.183. The monoisotopic (exact) mass is 291 g/mol. The van der Waals surface area contributed by atoms with Crippen molar-refractivity contribution in [3.63, 3.8) is 0 Å². The second kappa shape index (κ2) is 6.49. The lowest BCUT2D eigenvalue weighted by Crippen LogP contribution is -2.32. The van der Waals surface area contributed by atoms with Gasteiger partial charge in [0.25, 0.3) is 0 Å². The first kappa shape index (κ1) is 15.9. The first-order valence-corrected chi connectivity index (χ1v) is 7.16. The summed E-state index contributed by atoms with van der Waals surface area (Å²) in [4.78, 5) is 21.5. The quantitative estimate of drug-likeness (QED) is 0.686. The summed E-state index contributed by atoms with van der Waals surface area (Å²) in [5, 5.41) is 2.77. The molecule has 1 aliphatic heterocycles. The van der Waals surface area contributed by atoms with Crippen molar-refractivity contribution in [2.24, 2.45) is 0 Å². The van der Waals surface area contributed by atoms with E-state index in [2.05, 4.69) is 17.4 Å². The third-order valence-corrected chi connectivity index (χ3v) is 3.28. The van der Waals surface area contributed by atoms with Crippen molar-refractivity contribution >= 4 is 13.6 Å². The van der Waals surface area contributed by atoms with Crippen molar-refractivity contribution in [1.82, 2.24) is 5.32 Å². The average Bonchev–Trinajstić information content (AvgIpc) is 2.89. The van der Waals surface area contributed by atoms with Gasteiger partial charge in [0, 0.05) is 12.4 Å². The molecule has 1 aliphatic rings. The van der Waals surface area contributed by atoms with E-state index in [-0.39, 0.29) is 5.82 Å². The van der Waals surface area contributed by atoms with Crippen molar-refractivity contribution < 1.29 is 19.2 Å². The van der Waals surface area contributed by atoms with Gasteiger partial charge in [0.1, 0.15) is 5.60 Å². The summed E-state index contributed by atoms with van der Waals surface area (Å²) < 4.78 is 5.22. The van der Waals surface area contributed by atoms with Gasteiger partial charge in [-0.1, -0.05) is 18.2 Å². The average molecular weight is 291 g/mol. The van der Waals surface area contributed by atoms with Crippen molar-refractivity contribution in [3.05, 3.63) is 34.9 Å². The molecule has 1 aromatic rings. The number of hydrogen-bond acceptors (Lipinski definition) is 4. The minimum absolute atomic E-state index is 0.288. The summed E-state index contributed by atoms with van der Waals surface area (Å²) >= 11 is 0. The molecule has 1 N–H and O–H groups in total. The van der Waals surface area contributed by atoms with E-state index in [1.54, 1.807) is 0 Å². The molecule has 5 nitrogen and oxygen atoms in total. The third kappa shape index (κ3) is 4.75. The first-order valence-electron chi connectivity index (χ1n) is 7.16. The largest absolute Gasteiger partial charge is 0.444 e. The number of nitrogens with one attached hydrogen (secondary N) is 1. The van der Waals surface area contributed by atoms with Crippen molar-refractivity contribution in [2.45, 2.75) is 45.7 Å². The zero-order chi connectivity index (χ0) is 15.5. The van der Waals surface area contributed by atoms with E-state index >= 15 is 0 Å². The summed E-state index contributed by atoms with van der Waals surface area (Å²) in [5.41, 5.74) is 2.93. The van der Waals surface area contributed by atoms with Crippen molar-refractivity contribution in [1.29, 1.82) is 0 Å². The Morgan fingerprint density at radius 1 is 1.48 bits per heavy atom.